The van der Waals surface area contributed by atoms with E-state index in [4.69, 9.17) is 30.5 Å². The van der Waals surface area contributed by atoms with Gasteiger partial charge in [0.05, 0.1) is 61.3 Å². The largest absolute Gasteiger partial charge is 0.494 e. The maximum atomic E-state index is 15.6. The topological polar surface area (TPSA) is 206 Å². The monoisotopic (exact) mass is 976 g/mol. The third kappa shape index (κ3) is 13.0. The standard InChI is InChI=1S/C50H54ClFN10O8/c1-60(2)17-7-9-45(63)56-43-26-40-42(27-44(43)70-36-16-23-68-30-36)53-31-54-48(40)55-33-24-39(47(52)41(51)25-33)32-10-12-35(13-11-32)69-22-5-3-4-21-67-29-34-28-62(59-58-34)20-19-61-18-6-8-38(50(61)66)37-14-15-46(64)57-49(37)65/h6-13,18,24-28,31,36-37H,3-5,14-17,19-23,29-30H2,1-2H3,(H,56,63)(H,53,54,55)(H,57,64,65)/b9-7+. The third-order valence-electron chi connectivity index (χ3n) is 11.6. The quantitative estimate of drug-likeness (QED) is 0.0364. The number of fused-ring (bicyclic) bond motifs is 1. The van der Waals surface area contributed by atoms with E-state index in [-0.39, 0.29) is 40.5 Å². The van der Waals surface area contributed by atoms with Crippen LogP contribution in [0.15, 0.2) is 96.3 Å². The average molecular weight is 977 g/mol. The number of hydrogen-bond acceptors (Lipinski definition) is 14. The van der Waals surface area contributed by atoms with Crippen LogP contribution in [0.2, 0.25) is 5.02 Å². The molecule has 0 radical (unpaired) electrons. The molecule has 8 rings (SSSR count). The summed E-state index contributed by atoms with van der Waals surface area (Å²) in [6.07, 6.45) is 11.6. The molecule has 366 valence electrons. The molecule has 0 bridgehead atoms. The summed E-state index contributed by atoms with van der Waals surface area (Å²) in [6.45, 7) is 3.66. The van der Waals surface area contributed by atoms with Crippen LogP contribution in [-0.4, -0.2) is 105 Å². The summed E-state index contributed by atoms with van der Waals surface area (Å²) in [6, 6.07) is 17.1. The lowest BCUT2D eigenvalue weighted by atomic mass is 9.91. The molecule has 2 saturated heterocycles. The molecule has 5 heterocycles. The van der Waals surface area contributed by atoms with Crippen molar-refractivity contribution >= 4 is 57.4 Å². The van der Waals surface area contributed by atoms with Gasteiger partial charge in [-0.05, 0) is 81.7 Å². The number of unbranched alkanes of at least 4 members (excludes halogenated alkanes) is 2. The van der Waals surface area contributed by atoms with E-state index in [1.165, 1.54) is 23.0 Å². The van der Waals surface area contributed by atoms with Gasteiger partial charge in [-0.1, -0.05) is 41.1 Å². The van der Waals surface area contributed by atoms with E-state index < -0.39 is 17.6 Å². The third-order valence-corrected chi connectivity index (χ3v) is 11.9. The van der Waals surface area contributed by atoms with E-state index in [0.717, 1.165) is 25.7 Å². The summed E-state index contributed by atoms with van der Waals surface area (Å²) in [5.41, 5.74) is 3.13. The van der Waals surface area contributed by atoms with Crippen molar-refractivity contribution in [2.75, 3.05) is 57.7 Å². The van der Waals surface area contributed by atoms with E-state index in [2.05, 4.69) is 36.2 Å². The number of aryl methyl sites for hydroxylation is 2. The van der Waals surface area contributed by atoms with Crippen molar-refractivity contribution in [2.24, 2.45) is 0 Å². The van der Waals surface area contributed by atoms with Gasteiger partial charge in [0.25, 0.3) is 5.56 Å². The van der Waals surface area contributed by atoms with Crippen molar-refractivity contribution in [3.8, 4) is 22.6 Å². The van der Waals surface area contributed by atoms with Crippen LogP contribution in [0.1, 0.15) is 55.7 Å². The predicted molar refractivity (Wildman–Crippen MR) is 261 cm³/mol. The van der Waals surface area contributed by atoms with Crippen molar-refractivity contribution in [1.29, 1.82) is 0 Å². The van der Waals surface area contributed by atoms with E-state index in [9.17, 15) is 19.2 Å². The maximum absolute atomic E-state index is 15.6. The molecule has 3 amide bonds. The summed E-state index contributed by atoms with van der Waals surface area (Å²) in [4.78, 5) is 60.8. The lowest BCUT2D eigenvalue weighted by Gasteiger charge is -2.21. The molecular formula is C50H54ClFN10O8. The van der Waals surface area contributed by atoms with Crippen LogP contribution in [0, 0.1) is 5.82 Å². The Kier molecular flexibility index (Phi) is 16.6. The molecule has 3 aromatic carbocycles. The summed E-state index contributed by atoms with van der Waals surface area (Å²) >= 11 is 6.46. The Morgan fingerprint density at radius 3 is 2.67 bits per heavy atom. The summed E-state index contributed by atoms with van der Waals surface area (Å²) in [5, 5.41) is 17.4. The second-order valence-corrected chi connectivity index (χ2v) is 17.6. The molecule has 3 N–H and O–H groups in total. The number of hydrogen-bond donors (Lipinski definition) is 3. The van der Waals surface area contributed by atoms with Gasteiger partial charge in [0.2, 0.25) is 17.7 Å². The fourth-order valence-electron chi connectivity index (χ4n) is 8.01. The van der Waals surface area contributed by atoms with Crippen molar-refractivity contribution in [1.82, 2.24) is 39.7 Å². The van der Waals surface area contributed by atoms with Crippen molar-refractivity contribution in [2.45, 2.75) is 70.2 Å². The number of piperidine rings is 1. The Morgan fingerprint density at radius 2 is 1.87 bits per heavy atom. The average Bonchev–Trinajstić information content (AvgIpc) is 4.04. The highest BCUT2D eigenvalue weighted by molar-refractivity contribution is 6.31. The second-order valence-electron chi connectivity index (χ2n) is 17.2. The predicted octanol–water partition coefficient (Wildman–Crippen LogP) is 6.80. The lowest BCUT2D eigenvalue weighted by Crippen LogP contribution is -2.41. The second kappa shape index (κ2) is 23.5. The number of halogens is 2. The first-order valence-corrected chi connectivity index (χ1v) is 23.5. The van der Waals surface area contributed by atoms with Crippen LogP contribution >= 0.6 is 11.6 Å². The lowest BCUT2D eigenvalue weighted by molar-refractivity contribution is -0.134. The number of ether oxygens (including phenoxy) is 4. The van der Waals surface area contributed by atoms with Gasteiger partial charge in [0, 0.05) is 73.1 Å². The van der Waals surface area contributed by atoms with Gasteiger partial charge in [-0.2, -0.15) is 0 Å². The van der Waals surface area contributed by atoms with E-state index >= 15 is 4.39 Å². The fraction of sp³-hybridized carbons (Fsp3) is 0.360. The van der Waals surface area contributed by atoms with Crippen molar-refractivity contribution in [3.63, 3.8) is 0 Å². The molecule has 2 aliphatic heterocycles. The Labute approximate surface area is 408 Å². The molecule has 70 heavy (non-hydrogen) atoms. The number of aromatic nitrogens is 6. The first kappa shape index (κ1) is 49.4. The minimum Gasteiger partial charge on any atom is -0.494 e. The zero-order chi connectivity index (χ0) is 49.0. The highest BCUT2D eigenvalue weighted by atomic mass is 35.5. The zero-order valence-corrected chi connectivity index (χ0v) is 39.6. The minimum absolute atomic E-state index is 0.0801. The molecule has 2 unspecified atom stereocenters. The van der Waals surface area contributed by atoms with Crippen LogP contribution in [-0.2, 0) is 43.6 Å². The Hall–Kier alpha value is -7.06. The van der Waals surface area contributed by atoms with Gasteiger partial charge in [-0.3, -0.25) is 29.2 Å². The SMILES string of the molecule is CN(C)C/C=C/C(=O)Nc1cc2c(Nc3cc(Cl)c(F)c(-c4ccc(OCCCCCOCc5cn(CCn6cccc(C7CCC(=O)NC7=O)c6=O)nn5)cc4)c3)ncnc2cc1OC1CCOC1. The minimum atomic E-state index is -0.648. The first-order valence-electron chi connectivity index (χ1n) is 23.1. The fourth-order valence-corrected chi connectivity index (χ4v) is 8.23. The molecule has 0 spiro atoms. The van der Waals surface area contributed by atoms with Crippen molar-refractivity contribution in [3.05, 3.63) is 124 Å². The van der Waals surface area contributed by atoms with Crippen LogP contribution in [0.4, 0.5) is 21.6 Å². The first-order chi connectivity index (χ1) is 34.0. The molecule has 2 aliphatic rings. The molecule has 18 nitrogen and oxygen atoms in total. The Bertz CT molecular complexity index is 2900. The van der Waals surface area contributed by atoms with Gasteiger partial charge < -0.3 is 39.0 Å². The van der Waals surface area contributed by atoms with E-state index in [0.29, 0.717) is 116 Å². The number of anilines is 3. The molecule has 3 aromatic heterocycles. The number of likely N-dealkylation sites (N-methyl/N-ethyl adjacent to an activating group) is 1. The summed E-state index contributed by atoms with van der Waals surface area (Å²) in [7, 11) is 3.83. The normalized spacial score (nSPS) is 16.0. The maximum Gasteiger partial charge on any atom is 0.254 e. The van der Waals surface area contributed by atoms with Gasteiger partial charge in [0.1, 0.15) is 41.3 Å². The zero-order valence-electron chi connectivity index (χ0n) is 38.9. The number of carbonyl (C=O) groups excluding carboxylic acids is 3. The summed E-state index contributed by atoms with van der Waals surface area (Å²) < 4.78 is 42.3. The molecular weight excluding hydrogens is 923 g/mol. The summed E-state index contributed by atoms with van der Waals surface area (Å²) in [5.74, 6) is -0.808. The van der Waals surface area contributed by atoms with Crippen molar-refractivity contribution < 1.29 is 37.7 Å². The van der Waals surface area contributed by atoms with Crippen LogP contribution in [0.3, 0.4) is 0 Å². The highest BCUT2D eigenvalue weighted by Crippen LogP contribution is 2.37. The number of nitrogens with zero attached hydrogens (tertiary/aromatic N) is 7. The smallest absolute Gasteiger partial charge is 0.254 e. The number of amides is 3. The van der Waals surface area contributed by atoms with Crippen LogP contribution < -0.4 is 31.0 Å². The number of benzene rings is 3. The highest BCUT2D eigenvalue weighted by Gasteiger charge is 2.30. The van der Waals surface area contributed by atoms with Crippen LogP contribution in [0.5, 0.6) is 11.5 Å². The number of pyridine rings is 1. The van der Waals surface area contributed by atoms with Gasteiger partial charge in [-0.25, -0.2) is 14.4 Å². The number of rotatable bonds is 22. The molecule has 0 aliphatic carbocycles. The van der Waals surface area contributed by atoms with Gasteiger partial charge in [0.15, 0.2) is 0 Å². The Balaban J connectivity index is 0.799. The van der Waals surface area contributed by atoms with E-state index in [1.807, 2.05) is 19.0 Å². The van der Waals surface area contributed by atoms with Crippen LogP contribution in [0.25, 0.3) is 22.0 Å². The molecule has 2 atom stereocenters. The number of carbonyl (C=O) groups is 3. The number of nitrogens with one attached hydrogen (secondary N) is 3. The molecule has 20 heteroatoms. The Morgan fingerprint density at radius 1 is 1.03 bits per heavy atom. The molecule has 6 aromatic rings. The number of imide groups is 1. The van der Waals surface area contributed by atoms with Gasteiger partial charge >= 0.3 is 0 Å². The molecule has 0 saturated carbocycles. The molecule has 2 fully saturated rings. The van der Waals surface area contributed by atoms with Gasteiger partial charge in [-0.15, -0.1) is 5.10 Å². The van der Waals surface area contributed by atoms with E-state index in [1.54, 1.807) is 77.7 Å².